The molecule has 0 aromatic rings. The fraction of sp³-hybridized carbons (Fsp3) is 0.923. The van der Waals surface area contributed by atoms with Gasteiger partial charge in [0.25, 0.3) is 0 Å². The van der Waals surface area contributed by atoms with Crippen molar-refractivity contribution in [2.24, 2.45) is 23.7 Å². The Hall–Kier alpha value is -0.730. The molecular formula is C13H23NO2. The zero-order valence-electron chi connectivity index (χ0n) is 11.0. The summed E-state index contributed by atoms with van der Waals surface area (Å²) in [5.74, 6) is 3.09. The van der Waals surface area contributed by atoms with E-state index in [0.29, 0.717) is 0 Å². The maximum atomic E-state index is 11.8. The van der Waals surface area contributed by atoms with Crippen molar-refractivity contribution in [1.29, 1.82) is 0 Å². The maximum Gasteiger partial charge on any atom is 0.410 e. The highest BCUT2D eigenvalue weighted by molar-refractivity contribution is 5.69. The van der Waals surface area contributed by atoms with Crippen molar-refractivity contribution in [2.45, 2.75) is 40.2 Å². The van der Waals surface area contributed by atoms with Gasteiger partial charge in [-0.1, -0.05) is 13.8 Å². The number of ether oxygens (including phenoxy) is 1. The first-order valence-corrected chi connectivity index (χ1v) is 6.27. The molecule has 1 heterocycles. The Bertz CT molecular complexity index is 281. The van der Waals surface area contributed by atoms with Crippen LogP contribution in [0.25, 0.3) is 0 Å². The van der Waals surface area contributed by atoms with Gasteiger partial charge in [0.05, 0.1) is 0 Å². The van der Waals surface area contributed by atoms with Gasteiger partial charge in [-0.2, -0.15) is 0 Å². The molecule has 2 rings (SSSR count). The summed E-state index contributed by atoms with van der Waals surface area (Å²) in [5, 5.41) is 0. The Morgan fingerprint density at radius 1 is 1.25 bits per heavy atom. The molecule has 0 radical (unpaired) electrons. The second-order valence-corrected chi connectivity index (χ2v) is 6.53. The summed E-state index contributed by atoms with van der Waals surface area (Å²) < 4.78 is 5.37. The smallest absolute Gasteiger partial charge is 0.410 e. The summed E-state index contributed by atoms with van der Waals surface area (Å²) in [5.41, 5.74) is -0.374. The van der Waals surface area contributed by atoms with Crippen LogP contribution >= 0.6 is 0 Å². The molecular weight excluding hydrogens is 202 g/mol. The van der Waals surface area contributed by atoms with E-state index < -0.39 is 0 Å². The lowest BCUT2D eigenvalue weighted by molar-refractivity contribution is 0.0261. The molecule has 0 spiro atoms. The Labute approximate surface area is 98.1 Å². The summed E-state index contributed by atoms with van der Waals surface area (Å²) in [7, 11) is 0. The monoisotopic (exact) mass is 225 g/mol. The topological polar surface area (TPSA) is 29.5 Å². The van der Waals surface area contributed by atoms with Gasteiger partial charge in [-0.05, 0) is 44.4 Å². The van der Waals surface area contributed by atoms with Crippen LogP contribution in [-0.4, -0.2) is 29.7 Å². The normalized spacial score (nSPS) is 32.9. The molecule has 2 aliphatic rings. The molecule has 0 bridgehead atoms. The molecule has 92 valence electrons. The molecule has 16 heavy (non-hydrogen) atoms. The number of likely N-dealkylation sites (tertiary alicyclic amines) is 1. The lowest BCUT2D eigenvalue weighted by atomic mass is 10.1. The highest BCUT2D eigenvalue weighted by atomic mass is 16.6. The van der Waals surface area contributed by atoms with Crippen molar-refractivity contribution in [1.82, 2.24) is 4.90 Å². The number of carbonyl (C=O) groups excluding carboxylic acids is 1. The fourth-order valence-electron chi connectivity index (χ4n) is 3.04. The van der Waals surface area contributed by atoms with Gasteiger partial charge in [0.1, 0.15) is 5.60 Å². The predicted molar refractivity (Wildman–Crippen MR) is 63.1 cm³/mol. The minimum atomic E-state index is -0.374. The molecule has 0 unspecified atom stereocenters. The molecule has 3 atom stereocenters. The van der Waals surface area contributed by atoms with Gasteiger partial charge < -0.3 is 9.64 Å². The lowest BCUT2D eigenvalue weighted by Gasteiger charge is -2.26. The summed E-state index contributed by atoms with van der Waals surface area (Å²) in [6.45, 7) is 12.1. The third-order valence-corrected chi connectivity index (χ3v) is 3.68. The number of hydrogen-bond acceptors (Lipinski definition) is 2. The predicted octanol–water partition coefficient (Wildman–Crippen LogP) is 2.76. The number of piperidine rings is 1. The van der Waals surface area contributed by atoms with Crippen molar-refractivity contribution in [2.75, 3.05) is 13.1 Å². The van der Waals surface area contributed by atoms with Crippen LogP contribution < -0.4 is 0 Å². The Balaban J connectivity index is 1.82. The highest BCUT2D eigenvalue weighted by Crippen LogP contribution is 2.55. The standard InChI is InChI=1S/C13H23NO2/c1-8(2)11-9-6-14(7-10(9)11)12(15)16-13(3,4)5/h8-11H,6-7H2,1-5H3/t9-,10+,11+. The van der Waals surface area contributed by atoms with Crippen molar-refractivity contribution in [3.63, 3.8) is 0 Å². The molecule has 0 aromatic carbocycles. The third kappa shape index (κ3) is 2.18. The van der Waals surface area contributed by atoms with Gasteiger partial charge in [0, 0.05) is 13.1 Å². The molecule has 2 fully saturated rings. The van der Waals surface area contributed by atoms with Crippen LogP contribution in [0.5, 0.6) is 0 Å². The second-order valence-electron chi connectivity index (χ2n) is 6.53. The van der Waals surface area contributed by atoms with Crippen molar-refractivity contribution in [3.8, 4) is 0 Å². The van der Waals surface area contributed by atoms with E-state index in [1.165, 1.54) is 0 Å². The van der Waals surface area contributed by atoms with Gasteiger partial charge >= 0.3 is 6.09 Å². The molecule has 1 saturated heterocycles. The van der Waals surface area contributed by atoms with Gasteiger partial charge in [-0.15, -0.1) is 0 Å². The summed E-state index contributed by atoms with van der Waals surface area (Å²) in [4.78, 5) is 13.7. The Morgan fingerprint density at radius 3 is 2.12 bits per heavy atom. The van der Waals surface area contributed by atoms with Crippen LogP contribution in [-0.2, 0) is 4.74 Å². The van der Waals surface area contributed by atoms with Crippen LogP contribution in [0.4, 0.5) is 4.79 Å². The molecule has 1 amide bonds. The van der Waals surface area contributed by atoms with Gasteiger partial charge in [0.2, 0.25) is 0 Å². The molecule has 1 aliphatic carbocycles. The van der Waals surface area contributed by atoms with Gasteiger partial charge in [0.15, 0.2) is 0 Å². The van der Waals surface area contributed by atoms with E-state index in [1.54, 1.807) is 0 Å². The third-order valence-electron chi connectivity index (χ3n) is 3.68. The van der Waals surface area contributed by atoms with Crippen molar-refractivity contribution >= 4 is 6.09 Å². The Morgan fingerprint density at radius 2 is 1.75 bits per heavy atom. The zero-order chi connectivity index (χ0) is 12.1. The van der Waals surface area contributed by atoms with Crippen molar-refractivity contribution in [3.05, 3.63) is 0 Å². The van der Waals surface area contributed by atoms with Crippen LogP contribution in [0.2, 0.25) is 0 Å². The summed E-state index contributed by atoms with van der Waals surface area (Å²) in [6, 6.07) is 0. The SMILES string of the molecule is CC(C)[C@H]1[C@@H]2CN(C(=O)OC(C)(C)C)C[C@@H]21. The van der Waals surface area contributed by atoms with E-state index in [9.17, 15) is 4.79 Å². The molecule has 0 aromatic heterocycles. The summed E-state index contributed by atoms with van der Waals surface area (Å²) in [6.07, 6.45) is -0.137. The molecule has 3 heteroatoms. The van der Waals surface area contributed by atoms with E-state index >= 15 is 0 Å². The first-order chi connectivity index (χ1) is 7.29. The average molecular weight is 225 g/mol. The van der Waals surface area contributed by atoms with Crippen LogP contribution in [0.1, 0.15) is 34.6 Å². The lowest BCUT2D eigenvalue weighted by Crippen LogP contribution is -2.37. The molecule has 1 aliphatic heterocycles. The van der Waals surface area contributed by atoms with Crippen LogP contribution in [0.3, 0.4) is 0 Å². The van der Waals surface area contributed by atoms with Gasteiger partial charge in [-0.3, -0.25) is 0 Å². The number of nitrogens with zero attached hydrogens (tertiary/aromatic N) is 1. The van der Waals surface area contributed by atoms with Gasteiger partial charge in [-0.25, -0.2) is 4.79 Å². The van der Waals surface area contributed by atoms with Crippen molar-refractivity contribution < 1.29 is 9.53 Å². The van der Waals surface area contributed by atoms with Crippen LogP contribution in [0, 0.1) is 23.7 Å². The summed E-state index contributed by atoms with van der Waals surface area (Å²) >= 11 is 0. The van der Waals surface area contributed by atoms with E-state index in [-0.39, 0.29) is 11.7 Å². The average Bonchev–Trinajstić information content (AvgIpc) is 2.60. The Kier molecular flexibility index (Phi) is 2.67. The largest absolute Gasteiger partial charge is 0.444 e. The zero-order valence-corrected chi connectivity index (χ0v) is 11.0. The number of hydrogen-bond donors (Lipinski definition) is 0. The molecule has 3 nitrogen and oxygen atoms in total. The molecule has 1 saturated carbocycles. The quantitative estimate of drug-likeness (QED) is 0.686. The minimum Gasteiger partial charge on any atom is -0.444 e. The maximum absolute atomic E-state index is 11.8. The van der Waals surface area contributed by atoms with E-state index in [4.69, 9.17) is 4.74 Å². The van der Waals surface area contributed by atoms with Crippen LogP contribution in [0.15, 0.2) is 0 Å². The fourth-order valence-corrected chi connectivity index (χ4v) is 3.04. The molecule has 0 N–H and O–H groups in total. The number of amides is 1. The number of rotatable bonds is 1. The minimum absolute atomic E-state index is 0.137. The second kappa shape index (κ2) is 3.64. The first-order valence-electron chi connectivity index (χ1n) is 6.27. The van der Waals surface area contributed by atoms with E-state index in [1.807, 2.05) is 25.7 Å². The first kappa shape index (κ1) is 11.7. The number of fused-ring (bicyclic) bond motifs is 1. The highest BCUT2D eigenvalue weighted by Gasteiger charge is 2.57. The van der Waals surface area contributed by atoms with E-state index in [0.717, 1.165) is 36.8 Å². The number of carbonyl (C=O) groups is 1. The van der Waals surface area contributed by atoms with E-state index in [2.05, 4.69) is 13.8 Å².